The van der Waals surface area contributed by atoms with Crippen molar-refractivity contribution in [2.45, 2.75) is 32.4 Å². The van der Waals surface area contributed by atoms with Crippen LogP contribution >= 0.6 is 11.6 Å². The lowest BCUT2D eigenvalue weighted by Crippen LogP contribution is -2.40. The van der Waals surface area contributed by atoms with Crippen LogP contribution < -0.4 is 5.73 Å². The predicted octanol–water partition coefficient (Wildman–Crippen LogP) is 2.21. The van der Waals surface area contributed by atoms with Gasteiger partial charge in [0.2, 0.25) is 0 Å². The normalized spacial score (nSPS) is 24.1. The molecule has 0 aliphatic carbocycles. The molecule has 2 atom stereocenters. The quantitative estimate of drug-likeness (QED) is 0.833. The number of carbonyl (C=O) groups excluding carboxylic acids is 1. The van der Waals surface area contributed by atoms with E-state index in [1.165, 1.54) is 0 Å². The Bertz CT molecular complexity index is 447. The van der Waals surface area contributed by atoms with Gasteiger partial charge in [0.25, 0.3) is 5.91 Å². The van der Waals surface area contributed by atoms with Crippen LogP contribution in [0.1, 0.15) is 29.3 Å². The summed E-state index contributed by atoms with van der Waals surface area (Å²) in [6.07, 6.45) is 0.868. The molecule has 2 rings (SSSR count). The maximum absolute atomic E-state index is 12.3. The number of carbonyl (C=O) groups is 1. The van der Waals surface area contributed by atoms with Crippen molar-refractivity contribution in [3.05, 3.63) is 34.3 Å². The molecule has 1 saturated heterocycles. The molecule has 3 nitrogen and oxygen atoms in total. The molecule has 4 heteroatoms. The minimum atomic E-state index is 0.0207. The summed E-state index contributed by atoms with van der Waals surface area (Å²) in [5.41, 5.74) is 7.54. The molecule has 1 heterocycles. The Hall–Kier alpha value is -1.06. The molecule has 92 valence electrons. The van der Waals surface area contributed by atoms with Gasteiger partial charge in [-0.3, -0.25) is 4.79 Å². The van der Waals surface area contributed by atoms with Gasteiger partial charge in [0, 0.05) is 29.2 Å². The minimum Gasteiger partial charge on any atom is -0.334 e. The van der Waals surface area contributed by atoms with Crippen molar-refractivity contribution in [2.75, 3.05) is 6.54 Å². The van der Waals surface area contributed by atoms with Crippen molar-refractivity contribution in [3.63, 3.8) is 0 Å². The van der Waals surface area contributed by atoms with Gasteiger partial charge in [-0.15, -0.1) is 0 Å². The van der Waals surface area contributed by atoms with E-state index >= 15 is 0 Å². The molecule has 1 aromatic rings. The van der Waals surface area contributed by atoms with E-state index in [-0.39, 0.29) is 18.0 Å². The van der Waals surface area contributed by atoms with Crippen LogP contribution in [0.25, 0.3) is 0 Å². The van der Waals surface area contributed by atoms with Gasteiger partial charge >= 0.3 is 0 Å². The molecule has 1 aromatic carbocycles. The molecule has 1 aliphatic rings. The highest BCUT2D eigenvalue weighted by atomic mass is 35.5. The minimum absolute atomic E-state index is 0.0207. The highest BCUT2D eigenvalue weighted by Gasteiger charge is 2.31. The zero-order valence-electron chi connectivity index (χ0n) is 10.1. The summed E-state index contributed by atoms with van der Waals surface area (Å²) in [5, 5.41) is 0.631. The zero-order valence-corrected chi connectivity index (χ0v) is 10.9. The van der Waals surface area contributed by atoms with Gasteiger partial charge in [-0.2, -0.15) is 0 Å². The average molecular weight is 253 g/mol. The largest absolute Gasteiger partial charge is 0.334 e. The third kappa shape index (κ3) is 2.31. The molecule has 2 unspecified atom stereocenters. The monoisotopic (exact) mass is 252 g/mol. The predicted molar refractivity (Wildman–Crippen MR) is 69.3 cm³/mol. The van der Waals surface area contributed by atoms with Crippen LogP contribution in [0, 0.1) is 6.92 Å². The third-order valence-corrected chi connectivity index (χ3v) is 3.90. The Labute approximate surface area is 107 Å². The number of nitrogens with two attached hydrogens (primary N) is 1. The fourth-order valence-corrected chi connectivity index (χ4v) is 2.32. The Kier molecular flexibility index (Phi) is 3.40. The van der Waals surface area contributed by atoms with Gasteiger partial charge in [-0.25, -0.2) is 0 Å². The first kappa shape index (κ1) is 12.4. The van der Waals surface area contributed by atoms with Gasteiger partial charge in [-0.05, 0) is 38.0 Å². The molecule has 0 radical (unpaired) electrons. The molecule has 2 N–H and O–H groups in total. The SMILES string of the molecule is Cc1ccc(C(=O)N2CCC(N)C2C)cc1Cl. The average Bonchev–Trinajstić information content (AvgIpc) is 2.63. The van der Waals surface area contributed by atoms with Gasteiger partial charge in [0.05, 0.1) is 0 Å². The van der Waals surface area contributed by atoms with Crippen molar-refractivity contribution in [1.29, 1.82) is 0 Å². The first-order chi connectivity index (χ1) is 8.00. The molecule has 1 aliphatic heterocycles. The number of halogens is 1. The number of amides is 1. The molecule has 0 aromatic heterocycles. The molecule has 1 fully saturated rings. The lowest BCUT2D eigenvalue weighted by atomic mass is 10.1. The van der Waals surface area contributed by atoms with Crippen LogP contribution in [0.4, 0.5) is 0 Å². The van der Waals surface area contributed by atoms with Crippen LogP contribution in [0.3, 0.4) is 0 Å². The Morgan fingerprint density at radius 3 is 2.76 bits per heavy atom. The molecule has 0 spiro atoms. The second kappa shape index (κ2) is 4.67. The number of hydrogen-bond acceptors (Lipinski definition) is 2. The fraction of sp³-hybridized carbons (Fsp3) is 0.462. The molecule has 1 amide bonds. The van der Waals surface area contributed by atoms with E-state index in [4.69, 9.17) is 17.3 Å². The standard InChI is InChI=1S/C13H17ClN2O/c1-8-3-4-10(7-11(8)14)13(17)16-6-5-12(15)9(16)2/h3-4,7,9,12H,5-6,15H2,1-2H3. The van der Waals surface area contributed by atoms with Crippen molar-refractivity contribution in [1.82, 2.24) is 4.90 Å². The summed E-state index contributed by atoms with van der Waals surface area (Å²) in [4.78, 5) is 14.1. The van der Waals surface area contributed by atoms with E-state index in [2.05, 4.69) is 0 Å². The van der Waals surface area contributed by atoms with Crippen LogP contribution in [0.15, 0.2) is 18.2 Å². The molecule has 17 heavy (non-hydrogen) atoms. The number of likely N-dealkylation sites (tertiary alicyclic amines) is 1. The summed E-state index contributed by atoms with van der Waals surface area (Å²) >= 11 is 6.03. The number of rotatable bonds is 1. The van der Waals surface area contributed by atoms with Crippen LogP contribution in [0.5, 0.6) is 0 Å². The van der Waals surface area contributed by atoms with Crippen molar-refractivity contribution >= 4 is 17.5 Å². The van der Waals surface area contributed by atoms with Crippen LogP contribution in [-0.2, 0) is 0 Å². The van der Waals surface area contributed by atoms with Crippen LogP contribution in [0.2, 0.25) is 5.02 Å². The lowest BCUT2D eigenvalue weighted by Gasteiger charge is -2.23. The van der Waals surface area contributed by atoms with Crippen molar-refractivity contribution in [3.8, 4) is 0 Å². The third-order valence-electron chi connectivity index (χ3n) is 3.49. The van der Waals surface area contributed by atoms with Gasteiger partial charge in [0.1, 0.15) is 0 Å². The van der Waals surface area contributed by atoms with Crippen molar-refractivity contribution < 1.29 is 4.79 Å². The topological polar surface area (TPSA) is 46.3 Å². The smallest absolute Gasteiger partial charge is 0.254 e. The Morgan fingerprint density at radius 2 is 2.24 bits per heavy atom. The fourth-order valence-electron chi connectivity index (χ4n) is 2.14. The van der Waals surface area contributed by atoms with Gasteiger partial charge in [-0.1, -0.05) is 17.7 Å². The van der Waals surface area contributed by atoms with Crippen molar-refractivity contribution in [2.24, 2.45) is 5.73 Å². The second-order valence-electron chi connectivity index (χ2n) is 4.66. The first-order valence-corrected chi connectivity index (χ1v) is 6.21. The van der Waals surface area contributed by atoms with E-state index in [0.29, 0.717) is 10.6 Å². The molecule has 0 bridgehead atoms. The summed E-state index contributed by atoms with van der Waals surface area (Å²) < 4.78 is 0. The molecular formula is C13H17ClN2O. The van der Waals surface area contributed by atoms with E-state index in [0.717, 1.165) is 18.5 Å². The Morgan fingerprint density at radius 1 is 1.53 bits per heavy atom. The second-order valence-corrected chi connectivity index (χ2v) is 5.06. The van der Waals surface area contributed by atoms with E-state index < -0.39 is 0 Å². The summed E-state index contributed by atoms with van der Waals surface area (Å²) in [7, 11) is 0. The summed E-state index contributed by atoms with van der Waals surface area (Å²) in [6, 6.07) is 5.61. The number of hydrogen-bond donors (Lipinski definition) is 1. The van der Waals surface area contributed by atoms with E-state index in [1.54, 1.807) is 6.07 Å². The van der Waals surface area contributed by atoms with Gasteiger partial charge < -0.3 is 10.6 Å². The van der Waals surface area contributed by atoms with E-state index in [1.807, 2.05) is 30.9 Å². The maximum atomic E-state index is 12.3. The number of nitrogens with zero attached hydrogens (tertiary/aromatic N) is 1. The highest BCUT2D eigenvalue weighted by Crippen LogP contribution is 2.22. The van der Waals surface area contributed by atoms with Gasteiger partial charge in [0.15, 0.2) is 0 Å². The highest BCUT2D eigenvalue weighted by molar-refractivity contribution is 6.31. The molecule has 0 saturated carbocycles. The van der Waals surface area contributed by atoms with Crippen LogP contribution in [-0.4, -0.2) is 29.4 Å². The maximum Gasteiger partial charge on any atom is 0.254 e. The lowest BCUT2D eigenvalue weighted by molar-refractivity contribution is 0.0742. The number of benzene rings is 1. The van der Waals surface area contributed by atoms with E-state index in [9.17, 15) is 4.79 Å². The Balaban J connectivity index is 2.22. The summed E-state index contributed by atoms with van der Waals surface area (Å²) in [6.45, 7) is 4.64. The summed E-state index contributed by atoms with van der Waals surface area (Å²) in [5.74, 6) is 0.0207. The first-order valence-electron chi connectivity index (χ1n) is 5.83. The zero-order chi connectivity index (χ0) is 12.6. The number of aryl methyl sites for hydroxylation is 1. The molecular weight excluding hydrogens is 236 g/mol.